The summed E-state index contributed by atoms with van der Waals surface area (Å²) in [7, 11) is 0. The van der Waals surface area contributed by atoms with E-state index in [1.54, 1.807) is 71.6 Å². The Hall–Kier alpha value is -4.29. The molecule has 0 heterocycles. The SMILES string of the molecule is CCN(CC)C(=O)c1cc(Oc2ccc(C#N)cc2)cc(Oc2ccc(C#N)cc2)c1. The van der Waals surface area contributed by atoms with E-state index in [2.05, 4.69) is 12.1 Å². The molecule has 0 fully saturated rings. The van der Waals surface area contributed by atoms with Gasteiger partial charge in [0.1, 0.15) is 23.0 Å². The van der Waals surface area contributed by atoms with Crippen molar-refractivity contribution in [1.29, 1.82) is 10.5 Å². The zero-order chi connectivity index (χ0) is 22.2. The Labute approximate surface area is 181 Å². The van der Waals surface area contributed by atoms with Crippen molar-refractivity contribution >= 4 is 5.91 Å². The maximum Gasteiger partial charge on any atom is 0.254 e. The summed E-state index contributed by atoms with van der Waals surface area (Å²) in [5, 5.41) is 17.9. The molecule has 0 radical (unpaired) electrons. The molecule has 0 saturated carbocycles. The molecule has 0 saturated heterocycles. The van der Waals surface area contributed by atoms with Crippen LogP contribution in [0.1, 0.15) is 35.3 Å². The van der Waals surface area contributed by atoms with E-state index in [0.717, 1.165) is 0 Å². The summed E-state index contributed by atoms with van der Waals surface area (Å²) in [4.78, 5) is 14.6. The van der Waals surface area contributed by atoms with Crippen LogP contribution in [0.4, 0.5) is 0 Å². The van der Waals surface area contributed by atoms with Crippen LogP contribution in [0, 0.1) is 22.7 Å². The predicted molar refractivity (Wildman–Crippen MR) is 116 cm³/mol. The number of nitriles is 2. The zero-order valence-electron chi connectivity index (χ0n) is 17.3. The van der Waals surface area contributed by atoms with Crippen molar-refractivity contribution in [3.05, 3.63) is 83.4 Å². The lowest BCUT2D eigenvalue weighted by atomic mass is 10.1. The molecule has 0 atom stereocenters. The Bertz CT molecular complexity index is 1060. The van der Waals surface area contributed by atoms with Crippen LogP contribution in [0.15, 0.2) is 66.7 Å². The van der Waals surface area contributed by atoms with E-state index in [1.807, 2.05) is 13.8 Å². The molecule has 0 spiro atoms. The van der Waals surface area contributed by atoms with Crippen LogP contribution in [0.25, 0.3) is 0 Å². The fourth-order valence-corrected chi connectivity index (χ4v) is 2.97. The molecule has 31 heavy (non-hydrogen) atoms. The minimum absolute atomic E-state index is 0.125. The molecule has 6 nitrogen and oxygen atoms in total. The molecule has 3 aromatic carbocycles. The quantitative estimate of drug-likeness (QED) is 0.513. The first-order valence-corrected chi connectivity index (χ1v) is 9.86. The molecule has 0 aliphatic heterocycles. The minimum Gasteiger partial charge on any atom is -0.457 e. The number of hydrogen-bond acceptors (Lipinski definition) is 5. The average Bonchev–Trinajstić information content (AvgIpc) is 2.80. The molecule has 1 amide bonds. The Morgan fingerprint density at radius 2 is 1.16 bits per heavy atom. The predicted octanol–water partition coefficient (Wildman–Crippen LogP) is 5.50. The van der Waals surface area contributed by atoms with Crippen molar-refractivity contribution in [2.24, 2.45) is 0 Å². The van der Waals surface area contributed by atoms with E-state index in [4.69, 9.17) is 20.0 Å². The van der Waals surface area contributed by atoms with E-state index in [9.17, 15) is 4.79 Å². The lowest BCUT2D eigenvalue weighted by Gasteiger charge is -2.20. The minimum atomic E-state index is -0.125. The number of benzene rings is 3. The standard InChI is InChI=1S/C25H21N3O3/c1-3-28(4-2)25(29)20-13-23(30-21-9-5-18(16-26)6-10-21)15-24(14-20)31-22-11-7-19(17-27)8-12-22/h5-15H,3-4H2,1-2H3. The second kappa shape index (κ2) is 9.96. The number of carbonyl (C=O) groups is 1. The molecule has 3 rings (SSSR count). The molecular formula is C25H21N3O3. The van der Waals surface area contributed by atoms with E-state index >= 15 is 0 Å². The third kappa shape index (κ3) is 5.41. The van der Waals surface area contributed by atoms with Crippen LogP contribution < -0.4 is 9.47 Å². The van der Waals surface area contributed by atoms with Crippen molar-refractivity contribution in [3.8, 4) is 35.1 Å². The fourth-order valence-electron chi connectivity index (χ4n) is 2.97. The lowest BCUT2D eigenvalue weighted by Crippen LogP contribution is -2.30. The topological polar surface area (TPSA) is 86.3 Å². The van der Waals surface area contributed by atoms with Crippen molar-refractivity contribution in [2.45, 2.75) is 13.8 Å². The first-order valence-electron chi connectivity index (χ1n) is 9.86. The summed E-state index contributed by atoms with van der Waals surface area (Å²) in [6.07, 6.45) is 0. The van der Waals surface area contributed by atoms with Gasteiger partial charge in [0.15, 0.2) is 0 Å². The highest BCUT2D eigenvalue weighted by atomic mass is 16.5. The van der Waals surface area contributed by atoms with Gasteiger partial charge in [0.25, 0.3) is 5.91 Å². The Morgan fingerprint density at radius 3 is 1.52 bits per heavy atom. The van der Waals surface area contributed by atoms with Crippen molar-refractivity contribution < 1.29 is 14.3 Å². The molecule has 0 aromatic heterocycles. The summed E-state index contributed by atoms with van der Waals surface area (Å²) < 4.78 is 11.9. The number of rotatable bonds is 7. The number of nitrogens with zero attached hydrogens (tertiary/aromatic N) is 3. The van der Waals surface area contributed by atoms with E-state index in [0.29, 0.717) is 52.8 Å². The third-order valence-electron chi connectivity index (χ3n) is 4.62. The monoisotopic (exact) mass is 411 g/mol. The van der Waals surface area contributed by atoms with E-state index in [-0.39, 0.29) is 5.91 Å². The molecule has 0 aliphatic rings. The molecule has 6 heteroatoms. The second-order valence-electron chi connectivity index (χ2n) is 6.65. The van der Waals surface area contributed by atoms with Gasteiger partial charge in [-0.2, -0.15) is 10.5 Å². The van der Waals surface area contributed by atoms with Gasteiger partial charge in [-0.25, -0.2) is 0 Å². The van der Waals surface area contributed by atoms with Gasteiger partial charge < -0.3 is 14.4 Å². The molecule has 3 aromatic rings. The largest absolute Gasteiger partial charge is 0.457 e. The van der Waals surface area contributed by atoms with Crippen LogP contribution >= 0.6 is 0 Å². The average molecular weight is 411 g/mol. The fraction of sp³-hybridized carbons (Fsp3) is 0.160. The Kier molecular flexibility index (Phi) is 6.88. The van der Waals surface area contributed by atoms with Crippen LogP contribution in [0.3, 0.4) is 0 Å². The van der Waals surface area contributed by atoms with E-state index in [1.165, 1.54) is 0 Å². The number of amides is 1. The second-order valence-corrected chi connectivity index (χ2v) is 6.65. The number of carbonyl (C=O) groups excluding carboxylic acids is 1. The van der Waals surface area contributed by atoms with Gasteiger partial charge >= 0.3 is 0 Å². The summed E-state index contributed by atoms with van der Waals surface area (Å²) in [5.74, 6) is 1.82. The van der Waals surface area contributed by atoms with Gasteiger partial charge in [-0.3, -0.25) is 4.79 Å². The smallest absolute Gasteiger partial charge is 0.254 e. The van der Waals surface area contributed by atoms with Gasteiger partial charge in [-0.1, -0.05) is 0 Å². The highest BCUT2D eigenvalue weighted by Crippen LogP contribution is 2.31. The van der Waals surface area contributed by atoms with Crippen LogP contribution in [-0.2, 0) is 0 Å². The van der Waals surface area contributed by atoms with Gasteiger partial charge in [0, 0.05) is 24.7 Å². The molecular weight excluding hydrogens is 390 g/mol. The van der Waals surface area contributed by atoms with Crippen LogP contribution in [-0.4, -0.2) is 23.9 Å². The van der Waals surface area contributed by atoms with Crippen LogP contribution in [0.2, 0.25) is 0 Å². The third-order valence-corrected chi connectivity index (χ3v) is 4.62. The summed E-state index contributed by atoms with van der Waals surface area (Å²) in [6, 6.07) is 22.6. The lowest BCUT2D eigenvalue weighted by molar-refractivity contribution is 0.0772. The first-order chi connectivity index (χ1) is 15.1. The van der Waals surface area contributed by atoms with Crippen LogP contribution in [0.5, 0.6) is 23.0 Å². The van der Waals surface area contributed by atoms with E-state index < -0.39 is 0 Å². The normalized spacial score (nSPS) is 9.94. The van der Waals surface area contributed by atoms with Crippen molar-refractivity contribution in [1.82, 2.24) is 4.90 Å². The summed E-state index contributed by atoms with van der Waals surface area (Å²) in [6.45, 7) is 5.02. The zero-order valence-corrected chi connectivity index (χ0v) is 17.3. The number of ether oxygens (including phenoxy) is 2. The maximum atomic E-state index is 12.9. The molecule has 0 aliphatic carbocycles. The molecule has 0 unspecified atom stereocenters. The van der Waals surface area contributed by atoms with Crippen molar-refractivity contribution in [2.75, 3.05) is 13.1 Å². The highest BCUT2D eigenvalue weighted by molar-refractivity contribution is 5.95. The van der Waals surface area contributed by atoms with Gasteiger partial charge in [0.2, 0.25) is 0 Å². The summed E-state index contributed by atoms with van der Waals surface area (Å²) in [5.41, 5.74) is 1.50. The Morgan fingerprint density at radius 1 is 0.742 bits per heavy atom. The Balaban J connectivity index is 1.95. The highest BCUT2D eigenvalue weighted by Gasteiger charge is 2.16. The first kappa shape index (κ1) is 21.4. The summed E-state index contributed by atoms with van der Waals surface area (Å²) >= 11 is 0. The van der Waals surface area contributed by atoms with Crippen molar-refractivity contribution in [3.63, 3.8) is 0 Å². The van der Waals surface area contributed by atoms with Gasteiger partial charge in [0.05, 0.1) is 23.3 Å². The molecule has 0 bridgehead atoms. The maximum absolute atomic E-state index is 12.9. The van der Waals surface area contributed by atoms with Gasteiger partial charge in [-0.05, 0) is 74.5 Å². The van der Waals surface area contributed by atoms with Gasteiger partial charge in [-0.15, -0.1) is 0 Å². The molecule has 154 valence electrons. The number of hydrogen-bond donors (Lipinski definition) is 0. The molecule has 0 N–H and O–H groups in total.